The molecule has 0 spiro atoms. The summed E-state index contributed by atoms with van der Waals surface area (Å²) < 4.78 is 50.2. The van der Waals surface area contributed by atoms with Crippen molar-refractivity contribution in [2.24, 2.45) is 5.92 Å². The van der Waals surface area contributed by atoms with Crippen LogP contribution < -0.4 is 4.90 Å². The Bertz CT molecular complexity index is 1520. The van der Waals surface area contributed by atoms with E-state index in [0.717, 1.165) is 25.2 Å². The molecule has 1 aliphatic rings. The van der Waals surface area contributed by atoms with Crippen LogP contribution in [-0.4, -0.2) is 29.8 Å². The Morgan fingerprint density at radius 2 is 1.76 bits per heavy atom. The number of aromatic nitrogens is 2. The molecule has 9 heteroatoms. The number of aryl methyl sites for hydroxylation is 1. The second kappa shape index (κ2) is 14.3. The molecule has 0 fully saturated rings. The van der Waals surface area contributed by atoms with E-state index in [1.54, 1.807) is 12.3 Å². The molecule has 2 heterocycles. The third-order valence-corrected chi connectivity index (χ3v) is 6.25. The maximum absolute atomic E-state index is 14.7. The van der Waals surface area contributed by atoms with Crippen LogP contribution in [0.1, 0.15) is 52.2 Å². The molecule has 0 saturated heterocycles. The van der Waals surface area contributed by atoms with E-state index < -0.39 is 12.1 Å². The molecule has 0 N–H and O–H groups in total. The van der Waals surface area contributed by atoms with Crippen LogP contribution in [0.15, 0.2) is 60.3 Å². The minimum absolute atomic E-state index is 0.334. The molecule has 0 amide bonds. The number of nitriles is 2. The van der Waals surface area contributed by atoms with Crippen molar-refractivity contribution in [1.29, 1.82) is 10.5 Å². The Hall–Kier alpha value is -4.37. The summed E-state index contributed by atoms with van der Waals surface area (Å²) in [6.07, 6.45) is 6.32. The number of allylic oxidation sites excluding steroid dienone is 6. The first kappa shape index (κ1) is 32.8. The van der Waals surface area contributed by atoms with E-state index in [-0.39, 0.29) is 5.82 Å². The molecule has 0 bridgehead atoms. The molecule has 2 aromatic heterocycles. The van der Waals surface area contributed by atoms with Crippen LogP contribution in [0.2, 0.25) is 0 Å². The molecule has 0 aliphatic heterocycles. The van der Waals surface area contributed by atoms with Gasteiger partial charge in [-0.25, -0.2) is 4.39 Å². The van der Waals surface area contributed by atoms with Crippen LogP contribution in [0.5, 0.6) is 0 Å². The molecule has 0 radical (unpaired) electrons. The molecule has 0 unspecified atom stereocenters. The van der Waals surface area contributed by atoms with Crippen molar-refractivity contribution in [3.63, 3.8) is 0 Å². The zero-order valence-electron chi connectivity index (χ0n) is 24.4. The Labute approximate surface area is 239 Å². The highest BCUT2D eigenvalue weighted by molar-refractivity contribution is 5.98. The van der Waals surface area contributed by atoms with Crippen molar-refractivity contribution >= 4 is 22.3 Å². The normalized spacial score (nSPS) is 12.6. The third-order valence-electron chi connectivity index (χ3n) is 6.25. The fourth-order valence-electron chi connectivity index (χ4n) is 3.90. The van der Waals surface area contributed by atoms with Crippen molar-refractivity contribution < 1.29 is 17.6 Å². The highest BCUT2D eigenvalue weighted by Crippen LogP contribution is 2.38. The Morgan fingerprint density at radius 1 is 1.10 bits per heavy atom. The van der Waals surface area contributed by atoms with Gasteiger partial charge in [-0.2, -0.15) is 23.7 Å². The summed E-state index contributed by atoms with van der Waals surface area (Å²) >= 11 is 0. The second-order valence-corrected chi connectivity index (χ2v) is 9.48. The molecule has 0 saturated carbocycles. The van der Waals surface area contributed by atoms with Crippen molar-refractivity contribution in [2.75, 3.05) is 19.0 Å². The largest absolute Gasteiger partial charge is 0.391 e. The molecular weight excluding hydrogens is 530 g/mol. The summed E-state index contributed by atoms with van der Waals surface area (Å²) in [6, 6.07) is 11.5. The lowest BCUT2D eigenvalue weighted by atomic mass is 10.1. The van der Waals surface area contributed by atoms with Crippen molar-refractivity contribution in [3.05, 3.63) is 77.3 Å². The molecular formula is C32H35F4N5. The minimum Gasteiger partial charge on any atom is -0.376 e. The number of halogens is 4. The lowest BCUT2D eigenvalue weighted by Crippen LogP contribution is -2.15. The number of hydrogen-bond acceptors (Lipinski definition) is 4. The van der Waals surface area contributed by atoms with Gasteiger partial charge in [-0.15, -0.1) is 0 Å². The number of pyridine rings is 1. The van der Waals surface area contributed by atoms with Gasteiger partial charge in [0.15, 0.2) is 0 Å². The first-order valence-corrected chi connectivity index (χ1v) is 13.4. The van der Waals surface area contributed by atoms with Crippen LogP contribution in [0.4, 0.5) is 23.2 Å². The predicted octanol–water partition coefficient (Wildman–Crippen LogP) is 8.82. The molecule has 3 aromatic rings. The number of fused-ring (bicyclic) bond motifs is 1. The van der Waals surface area contributed by atoms with E-state index in [9.17, 15) is 28.1 Å². The van der Waals surface area contributed by atoms with Gasteiger partial charge in [0.05, 0.1) is 40.4 Å². The average Bonchev–Trinajstić information content (AvgIpc) is 3.08. The van der Waals surface area contributed by atoms with Crippen LogP contribution in [0.3, 0.4) is 0 Å². The van der Waals surface area contributed by atoms with Gasteiger partial charge in [0.2, 0.25) is 0 Å². The average molecular weight is 566 g/mol. The topological polar surface area (TPSA) is 68.6 Å². The zero-order chi connectivity index (χ0) is 30.9. The summed E-state index contributed by atoms with van der Waals surface area (Å²) in [5.74, 6) is -1.54. The van der Waals surface area contributed by atoms with E-state index in [2.05, 4.69) is 17.1 Å². The summed E-state index contributed by atoms with van der Waals surface area (Å²) in [6.45, 7) is 8.15. The van der Waals surface area contributed by atoms with Gasteiger partial charge in [0.25, 0.3) is 0 Å². The maximum Gasteiger partial charge on any atom is 0.391 e. The van der Waals surface area contributed by atoms with Gasteiger partial charge in [-0.3, -0.25) is 4.98 Å². The van der Waals surface area contributed by atoms with Crippen LogP contribution in [0, 0.1) is 34.4 Å². The molecule has 0 atom stereocenters. The quantitative estimate of drug-likeness (QED) is 0.296. The molecule has 216 valence electrons. The standard InChI is InChI=1S/C26H22FN5.C4H7F3.C2H6/c1-4-18-12-25-21(13-23(18)27)22(15-29)26(24-10-9-20(16-30-24)31(2)3)32(25)19-8-6-5-7-17(11-19)14-28;1-3(2)4(5,6)7;1-2/h5-6,8-13,16H,4,7H2,1-3H3;3H,1-2H3;1-2H3. The van der Waals surface area contributed by atoms with E-state index in [4.69, 9.17) is 0 Å². The Balaban J connectivity index is 0.000000573. The zero-order valence-corrected chi connectivity index (χ0v) is 24.4. The Kier molecular flexibility index (Phi) is 11.5. The lowest BCUT2D eigenvalue weighted by Gasteiger charge is -2.15. The SMILES string of the molecule is CC.CC(C)C(F)(F)F.CCc1cc2c(cc1F)c(C#N)c(-c1ccc(N(C)C)cn1)n2C1=CC=CCC(C#N)=C1. The van der Waals surface area contributed by atoms with Gasteiger partial charge < -0.3 is 9.47 Å². The van der Waals surface area contributed by atoms with Crippen LogP contribution in [0.25, 0.3) is 28.0 Å². The number of anilines is 1. The first-order valence-electron chi connectivity index (χ1n) is 13.4. The fourth-order valence-corrected chi connectivity index (χ4v) is 3.90. The van der Waals surface area contributed by atoms with Gasteiger partial charge >= 0.3 is 6.18 Å². The summed E-state index contributed by atoms with van der Waals surface area (Å²) in [7, 11) is 3.86. The third kappa shape index (κ3) is 7.64. The molecule has 1 aromatic carbocycles. The summed E-state index contributed by atoms with van der Waals surface area (Å²) in [4.78, 5) is 6.56. The van der Waals surface area contributed by atoms with E-state index >= 15 is 0 Å². The van der Waals surface area contributed by atoms with Gasteiger partial charge in [-0.1, -0.05) is 46.8 Å². The van der Waals surface area contributed by atoms with Gasteiger partial charge in [0.1, 0.15) is 11.9 Å². The number of nitrogens with zero attached hydrogens (tertiary/aromatic N) is 5. The predicted molar refractivity (Wildman–Crippen MR) is 158 cm³/mol. The van der Waals surface area contributed by atoms with Crippen molar-refractivity contribution in [3.8, 4) is 23.5 Å². The molecule has 1 aliphatic carbocycles. The van der Waals surface area contributed by atoms with Gasteiger partial charge in [-0.05, 0) is 48.4 Å². The smallest absolute Gasteiger partial charge is 0.376 e. The number of benzene rings is 1. The van der Waals surface area contributed by atoms with E-state index in [0.29, 0.717) is 51.8 Å². The number of rotatable bonds is 4. The highest BCUT2D eigenvalue weighted by Gasteiger charge is 2.31. The number of alkyl halides is 3. The number of hydrogen-bond donors (Lipinski definition) is 0. The minimum atomic E-state index is -4.00. The first-order chi connectivity index (χ1) is 19.4. The van der Waals surface area contributed by atoms with Gasteiger partial charge in [0, 0.05) is 43.1 Å². The molecule has 4 rings (SSSR count). The fraction of sp³-hybridized carbons (Fsp3) is 0.344. The van der Waals surface area contributed by atoms with Crippen molar-refractivity contribution in [1.82, 2.24) is 9.55 Å². The Morgan fingerprint density at radius 3 is 2.24 bits per heavy atom. The van der Waals surface area contributed by atoms with E-state index in [1.807, 2.05) is 80.8 Å². The highest BCUT2D eigenvalue weighted by atomic mass is 19.4. The summed E-state index contributed by atoms with van der Waals surface area (Å²) in [5.41, 5.74) is 5.07. The lowest BCUT2D eigenvalue weighted by molar-refractivity contribution is -0.164. The van der Waals surface area contributed by atoms with Crippen molar-refractivity contribution in [2.45, 2.75) is 53.6 Å². The van der Waals surface area contributed by atoms with Crippen LogP contribution in [-0.2, 0) is 6.42 Å². The second-order valence-electron chi connectivity index (χ2n) is 9.48. The summed E-state index contributed by atoms with van der Waals surface area (Å²) in [5, 5.41) is 20.1. The monoisotopic (exact) mass is 565 g/mol. The van der Waals surface area contributed by atoms with Crippen LogP contribution >= 0.6 is 0 Å². The molecule has 41 heavy (non-hydrogen) atoms. The van der Waals surface area contributed by atoms with E-state index in [1.165, 1.54) is 6.07 Å². The molecule has 5 nitrogen and oxygen atoms in total. The maximum atomic E-state index is 14.7.